The zero-order valence-corrected chi connectivity index (χ0v) is 13.8. The minimum Gasteiger partial charge on any atom is -0.356 e. The second-order valence-corrected chi connectivity index (χ2v) is 6.70. The molecule has 2 aliphatic rings. The molecule has 1 aromatic heterocycles. The summed E-state index contributed by atoms with van der Waals surface area (Å²) in [4.78, 5) is 9.81. The first-order chi connectivity index (χ1) is 10.3. The van der Waals surface area contributed by atoms with E-state index >= 15 is 0 Å². The standard InChI is InChI=1S/C17H26ClN3/c1-14-11-15(12-18)13-19-17(14)21-9-5-16(6-10-21)20-7-3-2-4-8-20/h11,13,16H,2-10,12H2,1H3. The van der Waals surface area contributed by atoms with Gasteiger partial charge in [-0.05, 0) is 62.9 Å². The van der Waals surface area contributed by atoms with E-state index in [1.54, 1.807) is 0 Å². The number of hydrogen-bond acceptors (Lipinski definition) is 3. The quantitative estimate of drug-likeness (QED) is 0.796. The summed E-state index contributed by atoms with van der Waals surface area (Å²) < 4.78 is 0. The SMILES string of the molecule is Cc1cc(CCl)cnc1N1CCC(N2CCCCC2)CC1. The van der Waals surface area contributed by atoms with Gasteiger partial charge in [-0.1, -0.05) is 6.42 Å². The van der Waals surface area contributed by atoms with E-state index in [0.29, 0.717) is 5.88 Å². The van der Waals surface area contributed by atoms with Crippen molar-refractivity contribution in [1.29, 1.82) is 0 Å². The topological polar surface area (TPSA) is 19.4 Å². The summed E-state index contributed by atoms with van der Waals surface area (Å²) in [6.07, 6.45) is 8.68. The molecular formula is C17H26ClN3. The monoisotopic (exact) mass is 307 g/mol. The van der Waals surface area contributed by atoms with Crippen molar-refractivity contribution in [2.45, 2.75) is 50.9 Å². The van der Waals surface area contributed by atoms with Crippen LogP contribution < -0.4 is 4.90 Å². The highest BCUT2D eigenvalue weighted by Crippen LogP contribution is 2.26. The molecule has 0 unspecified atom stereocenters. The van der Waals surface area contributed by atoms with Crippen molar-refractivity contribution in [3.8, 4) is 0 Å². The maximum absolute atomic E-state index is 5.88. The number of alkyl halides is 1. The van der Waals surface area contributed by atoms with Gasteiger partial charge in [-0.2, -0.15) is 0 Å². The fourth-order valence-electron chi connectivity index (χ4n) is 3.76. The second-order valence-electron chi connectivity index (χ2n) is 6.43. The van der Waals surface area contributed by atoms with Crippen LogP contribution in [0.4, 0.5) is 5.82 Å². The van der Waals surface area contributed by atoms with Gasteiger partial charge in [0.05, 0.1) is 0 Å². The lowest BCUT2D eigenvalue weighted by Gasteiger charge is -2.40. The van der Waals surface area contributed by atoms with E-state index < -0.39 is 0 Å². The van der Waals surface area contributed by atoms with Gasteiger partial charge < -0.3 is 9.80 Å². The minimum absolute atomic E-state index is 0.547. The molecule has 0 saturated carbocycles. The molecule has 2 aliphatic heterocycles. The molecule has 0 aliphatic carbocycles. The first kappa shape index (κ1) is 15.1. The van der Waals surface area contributed by atoms with Gasteiger partial charge in [-0.3, -0.25) is 0 Å². The number of piperidine rings is 2. The maximum Gasteiger partial charge on any atom is 0.131 e. The van der Waals surface area contributed by atoms with Crippen molar-refractivity contribution in [2.24, 2.45) is 0 Å². The average Bonchev–Trinajstić information content (AvgIpc) is 2.56. The highest BCUT2D eigenvalue weighted by molar-refractivity contribution is 6.17. The zero-order chi connectivity index (χ0) is 14.7. The molecule has 2 fully saturated rings. The zero-order valence-electron chi connectivity index (χ0n) is 13.0. The van der Waals surface area contributed by atoms with E-state index in [1.807, 2.05) is 6.20 Å². The van der Waals surface area contributed by atoms with Crippen molar-refractivity contribution in [2.75, 3.05) is 31.1 Å². The van der Waals surface area contributed by atoms with Crippen LogP contribution in [-0.4, -0.2) is 42.1 Å². The van der Waals surface area contributed by atoms with Crippen molar-refractivity contribution >= 4 is 17.4 Å². The smallest absolute Gasteiger partial charge is 0.131 e. The first-order valence-corrected chi connectivity index (χ1v) is 8.82. The molecule has 0 atom stereocenters. The van der Waals surface area contributed by atoms with Crippen LogP contribution in [0, 0.1) is 6.92 Å². The summed E-state index contributed by atoms with van der Waals surface area (Å²) in [5.74, 6) is 1.70. The molecule has 116 valence electrons. The third-order valence-corrected chi connectivity index (χ3v) is 5.24. The second kappa shape index (κ2) is 6.97. The van der Waals surface area contributed by atoms with Gasteiger partial charge in [0.15, 0.2) is 0 Å². The van der Waals surface area contributed by atoms with Gasteiger partial charge in [-0.15, -0.1) is 11.6 Å². The third kappa shape index (κ3) is 3.51. The summed E-state index contributed by atoms with van der Waals surface area (Å²) in [5, 5.41) is 0. The van der Waals surface area contributed by atoms with E-state index in [-0.39, 0.29) is 0 Å². The predicted octanol–water partition coefficient (Wildman–Crippen LogP) is 3.58. The van der Waals surface area contributed by atoms with Crippen LogP contribution in [-0.2, 0) is 5.88 Å². The number of pyridine rings is 1. The number of hydrogen-bond donors (Lipinski definition) is 0. The van der Waals surface area contributed by atoms with Gasteiger partial charge in [-0.25, -0.2) is 4.98 Å². The largest absolute Gasteiger partial charge is 0.356 e. The molecule has 21 heavy (non-hydrogen) atoms. The highest BCUT2D eigenvalue weighted by atomic mass is 35.5. The maximum atomic E-state index is 5.88. The van der Waals surface area contributed by atoms with E-state index in [0.717, 1.165) is 30.5 Å². The van der Waals surface area contributed by atoms with Crippen molar-refractivity contribution in [1.82, 2.24) is 9.88 Å². The summed E-state index contributed by atoms with van der Waals surface area (Å²) in [5.41, 5.74) is 2.37. The summed E-state index contributed by atoms with van der Waals surface area (Å²) in [6.45, 7) is 7.04. The molecule has 3 heterocycles. The van der Waals surface area contributed by atoms with E-state index in [1.165, 1.54) is 50.8 Å². The Morgan fingerprint density at radius 1 is 1.14 bits per heavy atom. The minimum atomic E-state index is 0.547. The average molecular weight is 308 g/mol. The van der Waals surface area contributed by atoms with Crippen LogP contribution in [0.3, 0.4) is 0 Å². The summed E-state index contributed by atoms with van der Waals surface area (Å²) >= 11 is 5.88. The predicted molar refractivity (Wildman–Crippen MR) is 89.2 cm³/mol. The molecule has 3 nitrogen and oxygen atoms in total. The third-order valence-electron chi connectivity index (χ3n) is 4.93. The van der Waals surface area contributed by atoms with Crippen LogP contribution in [0.15, 0.2) is 12.3 Å². The molecule has 0 aromatic carbocycles. The summed E-state index contributed by atoms with van der Waals surface area (Å²) in [7, 11) is 0. The van der Waals surface area contributed by atoms with Gasteiger partial charge >= 0.3 is 0 Å². The van der Waals surface area contributed by atoms with Crippen molar-refractivity contribution in [3.05, 3.63) is 23.4 Å². The molecule has 1 aromatic rings. The molecule has 4 heteroatoms. The molecule has 3 rings (SSSR count). The fraction of sp³-hybridized carbons (Fsp3) is 0.706. The Morgan fingerprint density at radius 2 is 1.86 bits per heavy atom. The molecule has 0 bridgehead atoms. The number of halogens is 1. The van der Waals surface area contributed by atoms with Crippen molar-refractivity contribution < 1.29 is 0 Å². The molecule has 0 spiro atoms. The van der Waals surface area contributed by atoms with Gasteiger partial charge in [0, 0.05) is 31.2 Å². The van der Waals surface area contributed by atoms with Crippen LogP contribution in [0.1, 0.15) is 43.2 Å². The number of anilines is 1. The van der Waals surface area contributed by atoms with Gasteiger partial charge in [0.25, 0.3) is 0 Å². The first-order valence-electron chi connectivity index (χ1n) is 8.28. The molecule has 0 radical (unpaired) electrons. The Kier molecular flexibility index (Phi) is 5.02. The highest BCUT2D eigenvalue weighted by Gasteiger charge is 2.26. The van der Waals surface area contributed by atoms with Gasteiger partial charge in [0.2, 0.25) is 0 Å². The van der Waals surface area contributed by atoms with Crippen molar-refractivity contribution in [3.63, 3.8) is 0 Å². The van der Waals surface area contributed by atoms with E-state index in [2.05, 4.69) is 27.8 Å². The number of nitrogens with zero attached hydrogens (tertiary/aromatic N) is 3. The van der Waals surface area contributed by atoms with E-state index in [9.17, 15) is 0 Å². The summed E-state index contributed by atoms with van der Waals surface area (Å²) in [6, 6.07) is 2.97. The van der Waals surface area contributed by atoms with Gasteiger partial charge in [0.1, 0.15) is 5.82 Å². The normalized spacial score (nSPS) is 21.7. The Labute approximate surface area is 133 Å². The van der Waals surface area contributed by atoms with Crippen LogP contribution in [0.5, 0.6) is 0 Å². The Balaban J connectivity index is 1.60. The molecule has 0 N–H and O–H groups in total. The lowest BCUT2D eigenvalue weighted by atomic mass is 9.99. The van der Waals surface area contributed by atoms with E-state index in [4.69, 9.17) is 11.6 Å². The number of aryl methyl sites for hydroxylation is 1. The fourth-order valence-corrected chi connectivity index (χ4v) is 3.90. The molecule has 2 saturated heterocycles. The van der Waals surface area contributed by atoms with Crippen LogP contribution in [0.2, 0.25) is 0 Å². The Morgan fingerprint density at radius 3 is 2.48 bits per heavy atom. The number of rotatable bonds is 3. The number of likely N-dealkylation sites (tertiary alicyclic amines) is 1. The lowest BCUT2D eigenvalue weighted by Crippen LogP contribution is -2.47. The molecular weight excluding hydrogens is 282 g/mol. The Bertz CT molecular complexity index is 463. The number of aromatic nitrogens is 1. The molecule has 0 amide bonds. The van der Waals surface area contributed by atoms with Crippen LogP contribution in [0.25, 0.3) is 0 Å². The van der Waals surface area contributed by atoms with Crippen LogP contribution >= 0.6 is 11.6 Å². The Hall–Kier alpha value is -0.800. The lowest BCUT2D eigenvalue weighted by molar-refractivity contribution is 0.141.